The van der Waals surface area contributed by atoms with Crippen LogP contribution in [0.15, 0.2) is 12.1 Å². The molecule has 1 aromatic carbocycles. The van der Waals surface area contributed by atoms with Crippen LogP contribution in [0.25, 0.3) is 0 Å². The van der Waals surface area contributed by atoms with E-state index in [0.29, 0.717) is 11.4 Å². The monoisotopic (exact) mass is 212 g/mol. The number of nitrogens with two attached hydrogens (primary N) is 1. The second-order valence-corrected chi connectivity index (χ2v) is 3.57. The summed E-state index contributed by atoms with van der Waals surface area (Å²) in [6.45, 7) is 0.239. The Kier molecular flexibility index (Phi) is 2.41. The topological polar surface area (TPSA) is 64.3 Å². The molecule has 0 radical (unpaired) electrons. The number of rotatable bonds is 2. The van der Waals surface area contributed by atoms with Crippen LogP contribution in [0.5, 0.6) is 0 Å². The number of hydrogen-bond acceptors (Lipinski definition) is 3. The van der Waals surface area contributed by atoms with Gasteiger partial charge in [0.1, 0.15) is 0 Å². The summed E-state index contributed by atoms with van der Waals surface area (Å²) in [4.78, 5) is 15.7. The zero-order chi connectivity index (χ0) is 10.1. The van der Waals surface area contributed by atoms with Gasteiger partial charge in [-0.2, -0.15) is 0 Å². The van der Waals surface area contributed by atoms with Crippen molar-refractivity contribution < 1.29 is 9.63 Å². The van der Waals surface area contributed by atoms with E-state index >= 15 is 0 Å². The van der Waals surface area contributed by atoms with E-state index in [1.54, 1.807) is 12.1 Å². The zero-order valence-electron chi connectivity index (χ0n) is 7.34. The summed E-state index contributed by atoms with van der Waals surface area (Å²) in [7, 11) is 0. The number of carbonyl (C=O) groups is 1. The molecule has 0 aliphatic carbocycles. The van der Waals surface area contributed by atoms with Gasteiger partial charge in [-0.25, -0.2) is 5.90 Å². The Morgan fingerprint density at radius 3 is 3.07 bits per heavy atom. The summed E-state index contributed by atoms with van der Waals surface area (Å²) in [5.41, 5.74) is 2.49. The maximum atomic E-state index is 11.1. The van der Waals surface area contributed by atoms with Gasteiger partial charge in [0.05, 0.1) is 18.7 Å². The van der Waals surface area contributed by atoms with Gasteiger partial charge >= 0.3 is 0 Å². The van der Waals surface area contributed by atoms with Gasteiger partial charge in [-0.1, -0.05) is 11.6 Å². The van der Waals surface area contributed by atoms with Crippen LogP contribution in [0.4, 0.5) is 5.69 Å². The molecule has 1 aliphatic heterocycles. The lowest BCUT2D eigenvalue weighted by atomic mass is 10.1. The summed E-state index contributed by atoms with van der Waals surface area (Å²) < 4.78 is 0. The third-order valence-corrected chi connectivity index (χ3v) is 2.34. The fourth-order valence-corrected chi connectivity index (χ4v) is 1.85. The third-order valence-electron chi connectivity index (χ3n) is 2.12. The Balaban J connectivity index is 2.46. The van der Waals surface area contributed by atoms with E-state index in [1.807, 2.05) is 0 Å². The summed E-state index contributed by atoms with van der Waals surface area (Å²) >= 11 is 5.88. The molecule has 0 fully saturated rings. The Labute approximate surface area is 85.9 Å². The van der Waals surface area contributed by atoms with Gasteiger partial charge in [0.2, 0.25) is 5.91 Å². The van der Waals surface area contributed by atoms with E-state index < -0.39 is 0 Å². The standard InChI is InChI=1S/C9H9ClN2O2/c10-7-1-5-3-8(13)12-9(5)6(2-7)4-14-11/h1-2H,3-4,11H2,(H,12,13). The number of hydrogen-bond donors (Lipinski definition) is 2. The number of nitrogens with one attached hydrogen (secondary N) is 1. The minimum absolute atomic E-state index is 0.0273. The molecular weight excluding hydrogens is 204 g/mol. The number of halogens is 1. The molecule has 1 amide bonds. The van der Waals surface area contributed by atoms with E-state index in [1.165, 1.54) is 0 Å². The molecule has 74 valence electrons. The number of benzene rings is 1. The van der Waals surface area contributed by atoms with Crippen LogP contribution < -0.4 is 11.2 Å². The number of carbonyl (C=O) groups excluding carboxylic acids is 1. The Morgan fingerprint density at radius 1 is 1.57 bits per heavy atom. The molecule has 0 saturated heterocycles. The first-order chi connectivity index (χ1) is 6.70. The third kappa shape index (κ3) is 1.59. The Morgan fingerprint density at radius 2 is 2.36 bits per heavy atom. The predicted molar refractivity (Wildman–Crippen MR) is 52.8 cm³/mol. The first-order valence-corrected chi connectivity index (χ1v) is 4.51. The van der Waals surface area contributed by atoms with Crippen molar-refractivity contribution in [3.63, 3.8) is 0 Å². The van der Waals surface area contributed by atoms with Crippen molar-refractivity contribution in [2.24, 2.45) is 5.90 Å². The lowest BCUT2D eigenvalue weighted by molar-refractivity contribution is -0.115. The van der Waals surface area contributed by atoms with E-state index in [9.17, 15) is 4.79 Å². The number of fused-ring (bicyclic) bond motifs is 1. The van der Waals surface area contributed by atoms with Crippen LogP contribution in [-0.2, 0) is 22.7 Å². The van der Waals surface area contributed by atoms with Crippen LogP contribution in [0.3, 0.4) is 0 Å². The summed E-state index contributed by atoms with van der Waals surface area (Å²) in [6.07, 6.45) is 0.369. The highest BCUT2D eigenvalue weighted by Crippen LogP contribution is 2.30. The van der Waals surface area contributed by atoms with Crippen molar-refractivity contribution >= 4 is 23.2 Å². The minimum Gasteiger partial charge on any atom is -0.325 e. The molecule has 0 saturated carbocycles. The molecule has 2 rings (SSSR count). The smallest absolute Gasteiger partial charge is 0.228 e. The van der Waals surface area contributed by atoms with Gasteiger partial charge in [0, 0.05) is 10.6 Å². The second-order valence-electron chi connectivity index (χ2n) is 3.13. The lowest BCUT2D eigenvalue weighted by Gasteiger charge is -2.07. The zero-order valence-corrected chi connectivity index (χ0v) is 8.10. The highest BCUT2D eigenvalue weighted by molar-refractivity contribution is 6.31. The van der Waals surface area contributed by atoms with E-state index in [0.717, 1.165) is 16.8 Å². The van der Waals surface area contributed by atoms with Gasteiger partial charge in [-0.3, -0.25) is 9.63 Å². The number of anilines is 1. The summed E-state index contributed by atoms with van der Waals surface area (Å²) in [6, 6.07) is 3.51. The molecule has 3 N–H and O–H groups in total. The summed E-state index contributed by atoms with van der Waals surface area (Å²) in [5, 5.41) is 3.33. The van der Waals surface area contributed by atoms with Gasteiger partial charge in [-0.05, 0) is 17.7 Å². The molecule has 4 nitrogen and oxygen atoms in total. The van der Waals surface area contributed by atoms with E-state index in [-0.39, 0.29) is 12.5 Å². The Hall–Kier alpha value is -1.10. The van der Waals surface area contributed by atoms with Gasteiger partial charge < -0.3 is 5.32 Å². The highest BCUT2D eigenvalue weighted by atomic mass is 35.5. The van der Waals surface area contributed by atoms with Crippen molar-refractivity contribution in [2.45, 2.75) is 13.0 Å². The van der Waals surface area contributed by atoms with Crippen LogP contribution in [0.1, 0.15) is 11.1 Å². The van der Waals surface area contributed by atoms with Gasteiger partial charge in [-0.15, -0.1) is 0 Å². The van der Waals surface area contributed by atoms with Crippen molar-refractivity contribution in [3.05, 3.63) is 28.3 Å². The van der Waals surface area contributed by atoms with Crippen molar-refractivity contribution in [1.82, 2.24) is 0 Å². The summed E-state index contributed by atoms with van der Waals surface area (Å²) in [5.74, 6) is 4.96. The molecular formula is C9H9ClN2O2. The lowest BCUT2D eigenvalue weighted by Crippen LogP contribution is -2.06. The molecule has 0 unspecified atom stereocenters. The molecule has 0 spiro atoms. The average Bonchev–Trinajstić information content (AvgIpc) is 2.45. The first kappa shape index (κ1) is 9.45. The van der Waals surface area contributed by atoms with Crippen LogP contribution in [-0.4, -0.2) is 5.91 Å². The molecule has 1 heterocycles. The molecule has 1 aliphatic rings. The molecule has 0 atom stereocenters. The van der Waals surface area contributed by atoms with Gasteiger partial charge in [0.25, 0.3) is 0 Å². The SMILES string of the molecule is NOCc1cc(Cl)cc2c1NC(=O)C2. The largest absolute Gasteiger partial charge is 0.325 e. The van der Waals surface area contributed by atoms with Crippen molar-refractivity contribution in [1.29, 1.82) is 0 Å². The fraction of sp³-hybridized carbons (Fsp3) is 0.222. The molecule has 1 aromatic rings. The highest BCUT2D eigenvalue weighted by Gasteiger charge is 2.21. The molecule has 0 aromatic heterocycles. The van der Waals surface area contributed by atoms with Crippen LogP contribution in [0, 0.1) is 0 Å². The average molecular weight is 213 g/mol. The van der Waals surface area contributed by atoms with E-state index in [2.05, 4.69) is 10.2 Å². The second kappa shape index (κ2) is 3.57. The van der Waals surface area contributed by atoms with Crippen molar-refractivity contribution in [3.8, 4) is 0 Å². The predicted octanol–water partition coefficient (Wildman–Crippen LogP) is 1.22. The van der Waals surface area contributed by atoms with Gasteiger partial charge in [0.15, 0.2) is 0 Å². The van der Waals surface area contributed by atoms with Crippen molar-refractivity contribution in [2.75, 3.05) is 5.32 Å². The molecule has 14 heavy (non-hydrogen) atoms. The quantitative estimate of drug-likeness (QED) is 0.725. The van der Waals surface area contributed by atoms with Crippen LogP contribution >= 0.6 is 11.6 Å². The maximum Gasteiger partial charge on any atom is 0.228 e. The first-order valence-electron chi connectivity index (χ1n) is 4.13. The normalized spacial score (nSPS) is 14.0. The van der Waals surface area contributed by atoms with Crippen LogP contribution in [0.2, 0.25) is 5.02 Å². The molecule has 5 heteroatoms. The van der Waals surface area contributed by atoms with E-state index in [4.69, 9.17) is 17.5 Å². The molecule has 0 bridgehead atoms. The minimum atomic E-state index is -0.0273. The number of amides is 1. The fourth-order valence-electron chi connectivity index (χ4n) is 1.59. The Bertz CT molecular complexity index is 393. The maximum absolute atomic E-state index is 11.1.